The first-order valence-corrected chi connectivity index (χ1v) is 7.10. The number of carbonyl (C=O) groups excluding carboxylic acids is 1. The largest absolute Gasteiger partial charge is 0.329 e. The van der Waals surface area contributed by atoms with E-state index < -0.39 is 5.41 Å². The third-order valence-electron chi connectivity index (χ3n) is 4.37. The maximum absolute atomic E-state index is 13.6. The van der Waals surface area contributed by atoms with Crippen LogP contribution in [0.25, 0.3) is 0 Å². The molecule has 0 heterocycles. The van der Waals surface area contributed by atoms with Crippen LogP contribution >= 0.6 is 0 Å². The number of Topliss-reactive ketones (excluding diaryl/α,β-unsaturated/α-hetero) is 1. The Balaban J connectivity index is 2.31. The molecule has 0 amide bonds. The van der Waals surface area contributed by atoms with Gasteiger partial charge >= 0.3 is 0 Å². The second kappa shape index (κ2) is 5.83. The minimum atomic E-state index is -0.474. The number of nitrogens with two attached hydrogens (primary N) is 1. The van der Waals surface area contributed by atoms with Crippen molar-refractivity contribution in [1.82, 2.24) is 0 Å². The number of hydrogen-bond acceptors (Lipinski definition) is 2. The zero-order chi connectivity index (χ0) is 13.9. The molecule has 1 saturated carbocycles. The van der Waals surface area contributed by atoms with Crippen molar-refractivity contribution in [3.63, 3.8) is 0 Å². The van der Waals surface area contributed by atoms with Crippen LogP contribution in [0.5, 0.6) is 0 Å². The van der Waals surface area contributed by atoms with Crippen LogP contribution in [0.1, 0.15) is 54.4 Å². The predicted octanol–water partition coefficient (Wildman–Crippen LogP) is 3.62. The van der Waals surface area contributed by atoms with Crippen molar-refractivity contribution in [3.05, 3.63) is 35.1 Å². The Kier molecular flexibility index (Phi) is 4.35. The summed E-state index contributed by atoms with van der Waals surface area (Å²) in [6.07, 6.45) is 6.07. The Morgan fingerprint density at radius 1 is 1.26 bits per heavy atom. The second-order valence-corrected chi connectivity index (χ2v) is 5.69. The fourth-order valence-corrected chi connectivity index (χ4v) is 2.97. The van der Waals surface area contributed by atoms with E-state index >= 15 is 0 Å². The Morgan fingerprint density at radius 3 is 2.42 bits per heavy atom. The van der Waals surface area contributed by atoms with Crippen molar-refractivity contribution in [2.75, 3.05) is 6.54 Å². The Labute approximate surface area is 114 Å². The lowest BCUT2D eigenvalue weighted by molar-refractivity contribution is 0.0774. The maximum Gasteiger partial charge on any atom is 0.170 e. The van der Waals surface area contributed by atoms with Crippen molar-refractivity contribution in [3.8, 4) is 0 Å². The van der Waals surface area contributed by atoms with Crippen LogP contribution in [-0.4, -0.2) is 12.3 Å². The van der Waals surface area contributed by atoms with E-state index in [0.717, 1.165) is 38.5 Å². The molecule has 0 spiro atoms. The van der Waals surface area contributed by atoms with E-state index in [4.69, 9.17) is 5.73 Å². The molecule has 1 aromatic rings. The zero-order valence-corrected chi connectivity index (χ0v) is 11.5. The molecule has 0 saturated heterocycles. The molecular formula is C16H22FNO. The molecule has 3 heteroatoms. The van der Waals surface area contributed by atoms with E-state index in [1.54, 1.807) is 19.1 Å². The van der Waals surface area contributed by atoms with Gasteiger partial charge in [0.2, 0.25) is 0 Å². The molecule has 1 aliphatic carbocycles. The van der Waals surface area contributed by atoms with Crippen molar-refractivity contribution in [2.24, 2.45) is 11.1 Å². The highest BCUT2D eigenvalue weighted by molar-refractivity contribution is 6.00. The monoisotopic (exact) mass is 263 g/mol. The molecule has 0 atom stereocenters. The first kappa shape index (κ1) is 14.2. The minimum absolute atomic E-state index is 0.0239. The first-order chi connectivity index (χ1) is 9.09. The van der Waals surface area contributed by atoms with E-state index in [-0.39, 0.29) is 11.6 Å². The number of halogens is 1. The molecule has 2 rings (SSSR count). The maximum atomic E-state index is 13.6. The van der Waals surface area contributed by atoms with Crippen molar-refractivity contribution >= 4 is 5.78 Å². The van der Waals surface area contributed by atoms with Gasteiger partial charge in [0.1, 0.15) is 5.82 Å². The van der Waals surface area contributed by atoms with Crippen LogP contribution in [0.4, 0.5) is 4.39 Å². The van der Waals surface area contributed by atoms with Crippen LogP contribution in [0, 0.1) is 18.2 Å². The number of benzene rings is 1. The molecule has 0 bridgehead atoms. The molecule has 0 radical (unpaired) electrons. The summed E-state index contributed by atoms with van der Waals surface area (Å²) in [7, 11) is 0. The van der Waals surface area contributed by atoms with Crippen molar-refractivity contribution in [2.45, 2.75) is 45.4 Å². The quantitative estimate of drug-likeness (QED) is 0.668. The molecule has 0 aliphatic heterocycles. The van der Waals surface area contributed by atoms with Gasteiger partial charge in [-0.1, -0.05) is 37.8 Å². The predicted molar refractivity (Wildman–Crippen MR) is 74.7 cm³/mol. The van der Waals surface area contributed by atoms with Gasteiger partial charge in [0, 0.05) is 17.5 Å². The Morgan fingerprint density at radius 2 is 1.89 bits per heavy atom. The topological polar surface area (TPSA) is 43.1 Å². The molecule has 104 valence electrons. The van der Waals surface area contributed by atoms with Gasteiger partial charge in [0.15, 0.2) is 5.78 Å². The Bertz CT molecular complexity index is 462. The molecule has 2 nitrogen and oxygen atoms in total. The van der Waals surface area contributed by atoms with Gasteiger partial charge in [-0.05, 0) is 31.4 Å². The molecule has 1 fully saturated rings. The number of rotatable bonds is 3. The lowest BCUT2D eigenvalue weighted by atomic mass is 9.74. The highest BCUT2D eigenvalue weighted by Crippen LogP contribution is 2.37. The van der Waals surface area contributed by atoms with Crippen LogP contribution in [0.15, 0.2) is 18.2 Å². The lowest BCUT2D eigenvalue weighted by Gasteiger charge is -2.29. The molecule has 2 N–H and O–H groups in total. The van der Waals surface area contributed by atoms with Gasteiger partial charge in [0.05, 0.1) is 0 Å². The minimum Gasteiger partial charge on any atom is -0.329 e. The highest BCUT2D eigenvalue weighted by atomic mass is 19.1. The number of carbonyl (C=O) groups is 1. The normalized spacial score (nSPS) is 18.9. The molecule has 1 aliphatic rings. The van der Waals surface area contributed by atoms with Crippen LogP contribution < -0.4 is 5.73 Å². The molecule has 1 aromatic carbocycles. The van der Waals surface area contributed by atoms with Crippen molar-refractivity contribution < 1.29 is 9.18 Å². The summed E-state index contributed by atoms with van der Waals surface area (Å²) < 4.78 is 13.6. The fraction of sp³-hybridized carbons (Fsp3) is 0.562. The summed E-state index contributed by atoms with van der Waals surface area (Å²) in [4.78, 5) is 12.7. The smallest absolute Gasteiger partial charge is 0.170 e. The third-order valence-corrected chi connectivity index (χ3v) is 4.37. The van der Waals surface area contributed by atoms with E-state index in [1.807, 2.05) is 0 Å². The van der Waals surface area contributed by atoms with Crippen LogP contribution in [0.3, 0.4) is 0 Å². The van der Waals surface area contributed by atoms with E-state index in [1.165, 1.54) is 6.07 Å². The summed E-state index contributed by atoms with van der Waals surface area (Å²) in [6, 6.07) is 4.76. The van der Waals surface area contributed by atoms with Crippen LogP contribution in [0.2, 0.25) is 0 Å². The number of ketones is 1. The highest BCUT2D eigenvalue weighted by Gasteiger charge is 2.37. The summed E-state index contributed by atoms with van der Waals surface area (Å²) in [5.41, 5.74) is 6.46. The first-order valence-electron chi connectivity index (χ1n) is 7.10. The number of aryl methyl sites for hydroxylation is 1. The van der Waals surface area contributed by atoms with Gasteiger partial charge in [-0.25, -0.2) is 4.39 Å². The molecule has 0 aromatic heterocycles. The Hall–Kier alpha value is -1.22. The number of hydrogen-bond donors (Lipinski definition) is 1. The van der Waals surface area contributed by atoms with Gasteiger partial charge in [-0.3, -0.25) is 4.79 Å². The summed E-state index contributed by atoms with van der Waals surface area (Å²) in [5.74, 6) is -0.289. The second-order valence-electron chi connectivity index (χ2n) is 5.69. The van der Waals surface area contributed by atoms with E-state index in [2.05, 4.69) is 0 Å². The average molecular weight is 263 g/mol. The zero-order valence-electron chi connectivity index (χ0n) is 11.5. The standard InChI is InChI=1S/C16H22FNO/c1-12-6-7-13(10-14(12)17)15(19)16(11-18)8-4-2-3-5-9-16/h6-7,10H,2-5,8-9,11,18H2,1H3. The van der Waals surface area contributed by atoms with Crippen LogP contribution in [-0.2, 0) is 0 Å². The molecule has 19 heavy (non-hydrogen) atoms. The lowest BCUT2D eigenvalue weighted by Crippen LogP contribution is -2.38. The average Bonchev–Trinajstić information content (AvgIpc) is 2.67. The summed E-state index contributed by atoms with van der Waals surface area (Å²) in [6.45, 7) is 2.06. The summed E-state index contributed by atoms with van der Waals surface area (Å²) >= 11 is 0. The van der Waals surface area contributed by atoms with Gasteiger partial charge in [-0.15, -0.1) is 0 Å². The SMILES string of the molecule is Cc1ccc(C(=O)C2(CN)CCCCCC2)cc1F. The third kappa shape index (κ3) is 2.86. The summed E-state index contributed by atoms with van der Waals surface area (Å²) in [5, 5.41) is 0. The van der Waals surface area contributed by atoms with Gasteiger partial charge < -0.3 is 5.73 Å². The van der Waals surface area contributed by atoms with E-state index in [9.17, 15) is 9.18 Å². The fourth-order valence-electron chi connectivity index (χ4n) is 2.97. The van der Waals surface area contributed by atoms with Crippen molar-refractivity contribution in [1.29, 1.82) is 0 Å². The van der Waals surface area contributed by atoms with E-state index in [0.29, 0.717) is 17.7 Å². The van der Waals surface area contributed by atoms with Gasteiger partial charge in [-0.2, -0.15) is 0 Å². The van der Waals surface area contributed by atoms with Gasteiger partial charge in [0.25, 0.3) is 0 Å². The molecule has 0 unspecified atom stereocenters. The molecular weight excluding hydrogens is 241 g/mol.